The smallest absolute Gasteiger partial charge is 0.417 e. The first kappa shape index (κ1) is 16.5. The molecule has 5 nitrogen and oxygen atoms in total. The maximum Gasteiger partial charge on any atom is 0.417 e. The number of amides is 1. The SMILES string of the molecule is COC(=O)c1ccc(OC(=O)Nc2ccc(Br)cc2Br)cc1. The molecule has 0 saturated carbocycles. The highest BCUT2D eigenvalue weighted by Crippen LogP contribution is 2.26. The molecule has 0 aliphatic rings. The van der Waals surface area contributed by atoms with Crippen molar-refractivity contribution in [2.45, 2.75) is 0 Å². The summed E-state index contributed by atoms with van der Waals surface area (Å²) in [6, 6.07) is 11.4. The molecule has 2 aromatic rings. The minimum atomic E-state index is -0.631. The highest BCUT2D eigenvalue weighted by atomic mass is 79.9. The average Bonchev–Trinajstić information content (AvgIpc) is 2.50. The van der Waals surface area contributed by atoms with Crippen LogP contribution in [0.4, 0.5) is 10.5 Å². The highest BCUT2D eigenvalue weighted by molar-refractivity contribution is 9.11. The number of methoxy groups -OCH3 is 1. The number of carbonyl (C=O) groups is 2. The maximum atomic E-state index is 11.8. The van der Waals surface area contributed by atoms with Gasteiger partial charge in [0.25, 0.3) is 0 Å². The van der Waals surface area contributed by atoms with Gasteiger partial charge in [0.05, 0.1) is 18.4 Å². The van der Waals surface area contributed by atoms with E-state index in [1.54, 1.807) is 18.2 Å². The van der Waals surface area contributed by atoms with Crippen LogP contribution in [-0.4, -0.2) is 19.2 Å². The van der Waals surface area contributed by atoms with Crippen LogP contribution in [0.3, 0.4) is 0 Å². The van der Waals surface area contributed by atoms with Gasteiger partial charge in [-0.1, -0.05) is 15.9 Å². The first-order chi connectivity index (χ1) is 10.5. The molecule has 0 aromatic heterocycles. The number of anilines is 1. The van der Waals surface area contributed by atoms with E-state index in [-0.39, 0.29) is 0 Å². The molecule has 0 saturated heterocycles. The van der Waals surface area contributed by atoms with Crippen molar-refractivity contribution >= 4 is 49.6 Å². The third-order valence-corrected chi connectivity index (χ3v) is 3.80. The topological polar surface area (TPSA) is 64.6 Å². The molecule has 7 heteroatoms. The van der Waals surface area contributed by atoms with Crippen molar-refractivity contribution in [1.29, 1.82) is 0 Å². The van der Waals surface area contributed by atoms with Crippen LogP contribution in [0, 0.1) is 0 Å². The first-order valence-electron chi connectivity index (χ1n) is 6.12. The van der Waals surface area contributed by atoms with Crippen molar-refractivity contribution in [2.24, 2.45) is 0 Å². The predicted molar refractivity (Wildman–Crippen MR) is 89.3 cm³/mol. The zero-order chi connectivity index (χ0) is 16.1. The van der Waals surface area contributed by atoms with Crippen LogP contribution < -0.4 is 10.1 Å². The number of carbonyl (C=O) groups excluding carboxylic acids is 2. The van der Waals surface area contributed by atoms with Crippen molar-refractivity contribution in [1.82, 2.24) is 0 Å². The molecule has 0 bridgehead atoms. The van der Waals surface area contributed by atoms with E-state index < -0.39 is 12.1 Å². The Morgan fingerprint density at radius 3 is 2.32 bits per heavy atom. The largest absolute Gasteiger partial charge is 0.465 e. The Balaban J connectivity index is 2.01. The number of benzene rings is 2. The molecule has 22 heavy (non-hydrogen) atoms. The van der Waals surface area contributed by atoms with E-state index >= 15 is 0 Å². The molecule has 1 N–H and O–H groups in total. The monoisotopic (exact) mass is 427 g/mol. The number of hydrogen-bond acceptors (Lipinski definition) is 4. The molecule has 0 aliphatic heterocycles. The fourth-order valence-electron chi connectivity index (χ4n) is 1.61. The molecule has 0 fully saturated rings. The summed E-state index contributed by atoms with van der Waals surface area (Å²) in [7, 11) is 1.30. The van der Waals surface area contributed by atoms with Gasteiger partial charge >= 0.3 is 12.1 Å². The lowest BCUT2D eigenvalue weighted by molar-refractivity contribution is 0.0600. The lowest BCUT2D eigenvalue weighted by Gasteiger charge is -2.09. The lowest BCUT2D eigenvalue weighted by atomic mass is 10.2. The normalized spacial score (nSPS) is 9.95. The van der Waals surface area contributed by atoms with Gasteiger partial charge in [0.2, 0.25) is 0 Å². The minimum Gasteiger partial charge on any atom is -0.465 e. The van der Waals surface area contributed by atoms with Crippen molar-refractivity contribution in [3.05, 3.63) is 57.0 Å². The van der Waals surface area contributed by atoms with Gasteiger partial charge in [-0.3, -0.25) is 5.32 Å². The molecule has 0 atom stereocenters. The summed E-state index contributed by atoms with van der Waals surface area (Å²) < 4.78 is 11.3. The summed E-state index contributed by atoms with van der Waals surface area (Å²) in [4.78, 5) is 23.1. The quantitative estimate of drug-likeness (QED) is 0.725. The molecule has 1 amide bonds. The van der Waals surface area contributed by atoms with Gasteiger partial charge in [0.15, 0.2) is 0 Å². The van der Waals surface area contributed by atoms with E-state index in [1.165, 1.54) is 31.4 Å². The van der Waals surface area contributed by atoms with Crippen LogP contribution in [-0.2, 0) is 4.74 Å². The van der Waals surface area contributed by atoms with Gasteiger partial charge in [-0.05, 0) is 58.4 Å². The van der Waals surface area contributed by atoms with Crippen molar-refractivity contribution in [3.63, 3.8) is 0 Å². The van der Waals surface area contributed by atoms with E-state index in [4.69, 9.17) is 4.74 Å². The van der Waals surface area contributed by atoms with Crippen LogP contribution >= 0.6 is 31.9 Å². The van der Waals surface area contributed by atoms with E-state index in [1.807, 2.05) is 0 Å². The summed E-state index contributed by atoms with van der Waals surface area (Å²) in [5, 5.41) is 2.61. The number of rotatable bonds is 3. The summed E-state index contributed by atoms with van der Waals surface area (Å²) in [6.45, 7) is 0. The fraction of sp³-hybridized carbons (Fsp3) is 0.0667. The van der Waals surface area contributed by atoms with E-state index in [2.05, 4.69) is 41.9 Å². The molecule has 0 unspecified atom stereocenters. The Labute approximate surface area is 143 Å². The third kappa shape index (κ3) is 4.32. The predicted octanol–water partition coefficient (Wildman–Crippen LogP) is 4.61. The molecular weight excluding hydrogens is 418 g/mol. The number of hydrogen-bond donors (Lipinski definition) is 1. The summed E-state index contributed by atoms with van der Waals surface area (Å²) in [5.41, 5.74) is 0.963. The molecule has 0 heterocycles. The number of halogens is 2. The first-order valence-corrected chi connectivity index (χ1v) is 7.70. The Morgan fingerprint density at radius 1 is 1.05 bits per heavy atom. The average molecular weight is 429 g/mol. The van der Waals surface area contributed by atoms with Crippen LogP contribution in [0.1, 0.15) is 10.4 Å². The third-order valence-electron chi connectivity index (χ3n) is 2.65. The molecular formula is C15H11Br2NO4. The van der Waals surface area contributed by atoms with Crippen LogP contribution in [0.2, 0.25) is 0 Å². The Bertz CT molecular complexity index is 701. The van der Waals surface area contributed by atoms with Crippen LogP contribution in [0.25, 0.3) is 0 Å². The van der Waals surface area contributed by atoms with Gasteiger partial charge in [-0.25, -0.2) is 9.59 Å². The van der Waals surface area contributed by atoms with Crippen LogP contribution in [0.5, 0.6) is 5.75 Å². The zero-order valence-electron chi connectivity index (χ0n) is 11.4. The maximum absolute atomic E-state index is 11.8. The summed E-state index contributed by atoms with van der Waals surface area (Å²) >= 11 is 6.67. The van der Waals surface area contributed by atoms with Crippen molar-refractivity contribution in [3.8, 4) is 5.75 Å². The van der Waals surface area contributed by atoms with Crippen molar-refractivity contribution < 1.29 is 19.1 Å². The van der Waals surface area contributed by atoms with E-state index in [9.17, 15) is 9.59 Å². The number of nitrogens with one attached hydrogen (secondary N) is 1. The fourth-order valence-corrected chi connectivity index (χ4v) is 2.76. The molecule has 0 radical (unpaired) electrons. The van der Waals surface area contributed by atoms with Crippen LogP contribution in [0.15, 0.2) is 51.4 Å². The molecule has 2 rings (SSSR count). The van der Waals surface area contributed by atoms with Gasteiger partial charge in [-0.2, -0.15) is 0 Å². The second-order valence-electron chi connectivity index (χ2n) is 4.15. The lowest BCUT2D eigenvalue weighted by Crippen LogP contribution is -2.17. The van der Waals surface area contributed by atoms with E-state index in [0.29, 0.717) is 17.0 Å². The zero-order valence-corrected chi connectivity index (χ0v) is 14.6. The molecule has 0 aliphatic carbocycles. The molecule has 2 aromatic carbocycles. The second kappa shape index (κ2) is 7.42. The van der Waals surface area contributed by atoms with Crippen molar-refractivity contribution in [2.75, 3.05) is 12.4 Å². The van der Waals surface area contributed by atoms with Gasteiger partial charge in [0.1, 0.15) is 5.75 Å². The summed E-state index contributed by atoms with van der Waals surface area (Å²) in [5.74, 6) is -0.131. The minimum absolute atomic E-state index is 0.318. The second-order valence-corrected chi connectivity index (χ2v) is 5.92. The standard InChI is InChI=1S/C15H11Br2NO4/c1-21-14(19)9-2-5-11(6-3-9)22-15(20)18-13-7-4-10(16)8-12(13)17/h2-8H,1H3,(H,18,20). The number of ether oxygens (including phenoxy) is 2. The van der Waals surface area contributed by atoms with E-state index in [0.717, 1.165) is 8.95 Å². The molecule has 114 valence electrons. The van der Waals surface area contributed by atoms with Gasteiger partial charge in [0, 0.05) is 8.95 Å². The Morgan fingerprint density at radius 2 is 1.73 bits per heavy atom. The summed E-state index contributed by atoms with van der Waals surface area (Å²) in [6.07, 6.45) is -0.631. The Kier molecular flexibility index (Phi) is 5.57. The van der Waals surface area contributed by atoms with Gasteiger partial charge < -0.3 is 9.47 Å². The number of esters is 1. The molecule has 0 spiro atoms. The Hall–Kier alpha value is -1.86. The highest BCUT2D eigenvalue weighted by Gasteiger charge is 2.09. The van der Waals surface area contributed by atoms with Gasteiger partial charge in [-0.15, -0.1) is 0 Å².